The van der Waals surface area contributed by atoms with E-state index in [4.69, 9.17) is 14.2 Å². The quantitative estimate of drug-likeness (QED) is 0.0279. The van der Waals surface area contributed by atoms with E-state index < -0.39 is 18.1 Å². The van der Waals surface area contributed by atoms with Crippen LogP contribution in [-0.4, -0.2) is 75.5 Å². The van der Waals surface area contributed by atoms with Crippen molar-refractivity contribution in [3.63, 3.8) is 0 Å². The molecule has 0 saturated carbocycles. The lowest BCUT2D eigenvalue weighted by molar-refractivity contribution is -0.889. The van der Waals surface area contributed by atoms with Crippen LogP contribution in [0.4, 0.5) is 0 Å². The van der Waals surface area contributed by atoms with Crippen molar-refractivity contribution in [2.45, 2.75) is 167 Å². The van der Waals surface area contributed by atoms with E-state index in [0.717, 1.165) is 57.8 Å². The van der Waals surface area contributed by atoms with Crippen LogP contribution < -0.4 is 5.11 Å². The molecule has 51 heavy (non-hydrogen) atoms. The third-order valence-electron chi connectivity index (χ3n) is 8.69. The van der Waals surface area contributed by atoms with Gasteiger partial charge in [0.25, 0.3) is 0 Å². The number of carboxylic acids is 1. The Kier molecular flexibility index (Phi) is 32.6. The van der Waals surface area contributed by atoms with E-state index in [-0.39, 0.29) is 49.1 Å². The largest absolute Gasteiger partial charge is 0.544 e. The molecule has 0 fully saturated rings. The lowest BCUT2D eigenvalue weighted by Crippen LogP contribution is -2.55. The molecule has 0 spiro atoms. The van der Waals surface area contributed by atoms with Gasteiger partial charge in [0.05, 0.1) is 40.3 Å². The van der Waals surface area contributed by atoms with Crippen molar-refractivity contribution in [3.8, 4) is 0 Å². The zero-order chi connectivity index (χ0) is 37.8. The van der Waals surface area contributed by atoms with Crippen molar-refractivity contribution in [1.82, 2.24) is 0 Å². The maximum atomic E-state index is 12.6. The summed E-state index contributed by atoms with van der Waals surface area (Å²) in [6, 6.07) is -0.735. The Bertz CT molecular complexity index is 979. The first-order chi connectivity index (χ1) is 24.6. The molecule has 294 valence electrons. The maximum Gasteiger partial charge on any atom is 0.306 e. The van der Waals surface area contributed by atoms with Gasteiger partial charge in [0, 0.05) is 19.3 Å². The molecule has 0 amide bonds. The lowest BCUT2D eigenvalue weighted by atomic mass is 10.1. The van der Waals surface area contributed by atoms with Gasteiger partial charge in [-0.3, -0.25) is 9.59 Å². The summed E-state index contributed by atoms with van der Waals surface area (Å²) in [5.41, 5.74) is 0. The molecule has 8 nitrogen and oxygen atoms in total. The molecular formula is C43H75NO7. The molecule has 0 aliphatic carbocycles. The number of rotatable bonds is 35. The molecule has 0 aromatic carbocycles. The summed E-state index contributed by atoms with van der Waals surface area (Å²) in [5.74, 6) is -1.83. The highest BCUT2D eigenvalue weighted by Crippen LogP contribution is 2.11. The Morgan fingerprint density at radius 2 is 1.08 bits per heavy atom. The molecule has 0 aromatic heterocycles. The van der Waals surface area contributed by atoms with E-state index >= 15 is 0 Å². The molecule has 0 aromatic rings. The fourth-order valence-electron chi connectivity index (χ4n) is 5.48. The number of likely N-dealkylation sites (N-methyl/N-ethyl adjacent to an activating group) is 1. The number of carboxylic acid groups (broad SMARTS) is 1. The Balaban J connectivity index is 4.49. The fourth-order valence-corrected chi connectivity index (χ4v) is 5.48. The zero-order valence-corrected chi connectivity index (χ0v) is 33.3. The van der Waals surface area contributed by atoms with Gasteiger partial charge in [0.2, 0.25) is 0 Å². The standard InChI is InChI=1S/C43H75NO7/c1-6-8-10-12-14-16-18-19-20-21-22-23-24-26-28-30-32-34-42(46)51-39(37-49-36-35-40(43(47)48)44(3,4)5)38-50-41(45)33-31-29-27-25-17-15-13-11-9-7-2/h13,15,19-20,22-23,26,28,39-40H,6-12,14,16-18,21,24-25,27,29-38H2,1-5H3/b15-13+,20-19+,23-22+,28-26+. The molecule has 0 saturated heterocycles. The third-order valence-corrected chi connectivity index (χ3v) is 8.69. The summed E-state index contributed by atoms with van der Waals surface area (Å²) in [7, 11) is 5.37. The van der Waals surface area contributed by atoms with Gasteiger partial charge >= 0.3 is 11.9 Å². The number of carbonyl (C=O) groups excluding carboxylic acids is 3. The van der Waals surface area contributed by atoms with Gasteiger partial charge in [-0.1, -0.05) is 120 Å². The van der Waals surface area contributed by atoms with Crippen LogP contribution in [0.1, 0.15) is 155 Å². The van der Waals surface area contributed by atoms with Crippen LogP contribution in [0, 0.1) is 0 Å². The monoisotopic (exact) mass is 718 g/mol. The van der Waals surface area contributed by atoms with Crippen LogP contribution in [-0.2, 0) is 28.6 Å². The van der Waals surface area contributed by atoms with Crippen LogP contribution in [0.5, 0.6) is 0 Å². The first-order valence-electron chi connectivity index (χ1n) is 20.2. The Hall–Kier alpha value is -2.71. The first-order valence-corrected chi connectivity index (χ1v) is 20.2. The van der Waals surface area contributed by atoms with Crippen molar-refractivity contribution in [2.24, 2.45) is 0 Å². The topological polar surface area (TPSA) is 102 Å². The van der Waals surface area contributed by atoms with Gasteiger partial charge in [-0.25, -0.2) is 0 Å². The summed E-state index contributed by atoms with van der Waals surface area (Å²) in [6.07, 6.45) is 38.6. The van der Waals surface area contributed by atoms with E-state index in [1.54, 1.807) is 21.1 Å². The highest BCUT2D eigenvalue weighted by atomic mass is 16.6. The van der Waals surface area contributed by atoms with Gasteiger partial charge in [-0.05, 0) is 64.2 Å². The Labute approximate surface area is 312 Å². The summed E-state index contributed by atoms with van der Waals surface area (Å²) in [4.78, 5) is 36.6. The molecule has 0 heterocycles. The second-order valence-corrected chi connectivity index (χ2v) is 14.5. The Morgan fingerprint density at radius 1 is 0.588 bits per heavy atom. The Morgan fingerprint density at radius 3 is 1.67 bits per heavy atom. The molecule has 0 aliphatic heterocycles. The van der Waals surface area contributed by atoms with E-state index in [1.165, 1.54) is 57.8 Å². The molecule has 0 radical (unpaired) electrons. The first kappa shape index (κ1) is 48.3. The number of ether oxygens (including phenoxy) is 3. The minimum Gasteiger partial charge on any atom is -0.544 e. The van der Waals surface area contributed by atoms with E-state index in [0.29, 0.717) is 12.8 Å². The van der Waals surface area contributed by atoms with E-state index in [2.05, 4.69) is 62.5 Å². The number of aliphatic carboxylic acids is 1. The van der Waals surface area contributed by atoms with Crippen molar-refractivity contribution in [3.05, 3.63) is 48.6 Å². The third kappa shape index (κ3) is 32.9. The van der Waals surface area contributed by atoms with Crippen LogP contribution in [0.15, 0.2) is 48.6 Å². The van der Waals surface area contributed by atoms with Crippen molar-refractivity contribution in [1.29, 1.82) is 0 Å². The van der Waals surface area contributed by atoms with Gasteiger partial charge in [-0.15, -0.1) is 0 Å². The number of quaternary nitrogens is 1. The van der Waals surface area contributed by atoms with Crippen LogP contribution in [0.2, 0.25) is 0 Å². The highest BCUT2D eigenvalue weighted by Gasteiger charge is 2.25. The van der Waals surface area contributed by atoms with Crippen LogP contribution >= 0.6 is 0 Å². The highest BCUT2D eigenvalue weighted by molar-refractivity contribution is 5.70. The van der Waals surface area contributed by atoms with Gasteiger partial charge in [0.15, 0.2) is 6.10 Å². The second-order valence-electron chi connectivity index (χ2n) is 14.5. The molecular weight excluding hydrogens is 642 g/mol. The van der Waals surface area contributed by atoms with E-state index in [9.17, 15) is 19.5 Å². The number of unbranched alkanes of at least 4 members (excludes halogenated alkanes) is 13. The van der Waals surface area contributed by atoms with Crippen molar-refractivity contribution >= 4 is 17.9 Å². The molecule has 0 N–H and O–H groups in total. The summed E-state index contributed by atoms with van der Waals surface area (Å²) in [6.45, 7) is 4.52. The molecule has 0 rings (SSSR count). The number of esters is 2. The lowest BCUT2D eigenvalue weighted by Gasteiger charge is -2.34. The van der Waals surface area contributed by atoms with Gasteiger partial charge < -0.3 is 28.6 Å². The summed E-state index contributed by atoms with van der Waals surface area (Å²) >= 11 is 0. The smallest absolute Gasteiger partial charge is 0.306 e. The van der Waals surface area contributed by atoms with Crippen LogP contribution in [0.3, 0.4) is 0 Å². The van der Waals surface area contributed by atoms with Crippen molar-refractivity contribution < 1.29 is 38.2 Å². The minimum absolute atomic E-state index is 0.0160. The van der Waals surface area contributed by atoms with Crippen LogP contribution in [0.25, 0.3) is 0 Å². The molecule has 0 aliphatic rings. The number of hydrogen-bond donors (Lipinski definition) is 0. The number of hydrogen-bond acceptors (Lipinski definition) is 7. The van der Waals surface area contributed by atoms with Gasteiger partial charge in [0.1, 0.15) is 12.6 Å². The number of allylic oxidation sites excluding steroid dienone is 8. The second kappa shape index (κ2) is 34.4. The van der Waals surface area contributed by atoms with E-state index in [1.807, 2.05) is 0 Å². The maximum absolute atomic E-state index is 12.6. The molecule has 0 bridgehead atoms. The predicted octanol–water partition coefficient (Wildman–Crippen LogP) is 9.13. The number of nitrogens with zero attached hydrogens (tertiary/aromatic N) is 1. The zero-order valence-electron chi connectivity index (χ0n) is 33.3. The molecule has 2 unspecified atom stereocenters. The normalized spacial score (nSPS) is 13.5. The fraction of sp³-hybridized carbons (Fsp3) is 0.744. The average Bonchev–Trinajstić information content (AvgIpc) is 3.08. The molecule has 8 heteroatoms. The summed E-state index contributed by atoms with van der Waals surface area (Å²) < 4.78 is 17.0. The molecule has 2 atom stereocenters. The minimum atomic E-state index is -1.14. The van der Waals surface area contributed by atoms with Gasteiger partial charge in [-0.2, -0.15) is 0 Å². The SMILES string of the molecule is CCCC/C=C/CCCCCCC(=O)OCC(COCCC(C(=O)[O-])[N+](C)(C)C)OC(=O)CCC/C=C/C/C=C/C/C=C/CCCCCCCC. The van der Waals surface area contributed by atoms with Crippen molar-refractivity contribution in [2.75, 3.05) is 41.0 Å². The number of carbonyl (C=O) groups is 3. The summed E-state index contributed by atoms with van der Waals surface area (Å²) in [5, 5.41) is 11.6. The predicted molar refractivity (Wildman–Crippen MR) is 208 cm³/mol. The average molecular weight is 718 g/mol.